The number of benzene rings is 1. The van der Waals surface area contributed by atoms with Crippen molar-refractivity contribution in [3.05, 3.63) is 34.9 Å². The highest BCUT2D eigenvalue weighted by molar-refractivity contribution is 5.32. The Hall–Kier alpha value is -0.900. The number of ether oxygens (including phenoxy) is 1. The summed E-state index contributed by atoms with van der Waals surface area (Å²) in [7, 11) is 3.85. The third kappa shape index (κ3) is 4.77. The van der Waals surface area contributed by atoms with Crippen LogP contribution in [0.5, 0.6) is 0 Å². The van der Waals surface area contributed by atoms with Crippen LogP contribution >= 0.6 is 0 Å². The highest BCUT2D eigenvalue weighted by Gasteiger charge is 2.11. The molecule has 0 radical (unpaired) electrons. The maximum Gasteiger partial charge on any atom is 0.0474 e. The molecule has 18 heavy (non-hydrogen) atoms. The number of aryl methyl sites for hydroxylation is 2. The van der Waals surface area contributed by atoms with Gasteiger partial charge in [0.05, 0.1) is 0 Å². The molecule has 0 amide bonds. The van der Waals surface area contributed by atoms with Gasteiger partial charge in [0.2, 0.25) is 0 Å². The van der Waals surface area contributed by atoms with Crippen molar-refractivity contribution in [3.63, 3.8) is 0 Å². The van der Waals surface area contributed by atoms with Crippen LogP contribution in [0.2, 0.25) is 0 Å². The Labute approximate surface area is 111 Å². The molecule has 3 nitrogen and oxygen atoms in total. The van der Waals surface area contributed by atoms with Crippen LogP contribution in [0, 0.1) is 13.8 Å². The number of rotatable bonds is 7. The molecule has 0 aliphatic rings. The highest BCUT2D eigenvalue weighted by atomic mass is 16.5. The highest BCUT2D eigenvalue weighted by Crippen LogP contribution is 2.18. The molecule has 0 aromatic heterocycles. The molecule has 0 saturated heterocycles. The Kier molecular flexibility index (Phi) is 6.33. The first-order valence-electron chi connectivity index (χ1n) is 6.54. The minimum Gasteiger partial charge on any atom is -0.385 e. The molecule has 1 unspecified atom stereocenters. The third-order valence-corrected chi connectivity index (χ3v) is 3.23. The van der Waals surface area contributed by atoms with Crippen molar-refractivity contribution < 1.29 is 4.74 Å². The van der Waals surface area contributed by atoms with Crippen LogP contribution in [0.4, 0.5) is 0 Å². The van der Waals surface area contributed by atoms with Gasteiger partial charge >= 0.3 is 0 Å². The first kappa shape index (κ1) is 15.2. The first-order valence-corrected chi connectivity index (χ1v) is 6.54. The van der Waals surface area contributed by atoms with Crippen LogP contribution in [0.3, 0.4) is 0 Å². The van der Waals surface area contributed by atoms with Gasteiger partial charge < -0.3 is 15.4 Å². The van der Waals surface area contributed by atoms with Crippen molar-refractivity contribution in [2.24, 2.45) is 5.73 Å². The Morgan fingerprint density at radius 2 is 2.06 bits per heavy atom. The number of hydrogen-bond acceptors (Lipinski definition) is 3. The van der Waals surface area contributed by atoms with Crippen molar-refractivity contribution in [2.45, 2.75) is 26.3 Å². The van der Waals surface area contributed by atoms with E-state index in [0.29, 0.717) is 0 Å². The molecule has 2 N–H and O–H groups in total. The van der Waals surface area contributed by atoms with E-state index in [1.165, 1.54) is 16.7 Å². The van der Waals surface area contributed by atoms with E-state index in [-0.39, 0.29) is 6.04 Å². The van der Waals surface area contributed by atoms with Gasteiger partial charge in [0.1, 0.15) is 0 Å². The quantitative estimate of drug-likeness (QED) is 0.755. The average molecular weight is 250 g/mol. The second-order valence-electron chi connectivity index (χ2n) is 5.08. The molecular formula is C15H26N2O. The lowest BCUT2D eigenvalue weighted by atomic mass is 9.99. The number of nitrogens with zero attached hydrogens (tertiary/aromatic N) is 1. The van der Waals surface area contributed by atoms with Crippen molar-refractivity contribution in [2.75, 3.05) is 33.9 Å². The monoisotopic (exact) mass is 250 g/mol. The normalized spacial score (nSPS) is 13.0. The summed E-state index contributed by atoms with van der Waals surface area (Å²) in [4.78, 5) is 2.27. The molecule has 1 rings (SSSR count). The fourth-order valence-electron chi connectivity index (χ4n) is 2.16. The zero-order chi connectivity index (χ0) is 13.5. The van der Waals surface area contributed by atoms with Gasteiger partial charge in [0, 0.05) is 32.8 Å². The van der Waals surface area contributed by atoms with Crippen LogP contribution in [0.15, 0.2) is 18.2 Å². The first-order chi connectivity index (χ1) is 8.54. The van der Waals surface area contributed by atoms with Gasteiger partial charge in [-0.15, -0.1) is 0 Å². The van der Waals surface area contributed by atoms with E-state index in [2.05, 4.69) is 44.0 Å². The van der Waals surface area contributed by atoms with Crippen molar-refractivity contribution in [3.8, 4) is 0 Å². The fourth-order valence-corrected chi connectivity index (χ4v) is 2.16. The van der Waals surface area contributed by atoms with Crippen LogP contribution in [-0.4, -0.2) is 38.8 Å². The van der Waals surface area contributed by atoms with Gasteiger partial charge in [-0.05, 0) is 38.4 Å². The lowest BCUT2D eigenvalue weighted by molar-refractivity contribution is 0.177. The average Bonchev–Trinajstić information content (AvgIpc) is 2.32. The predicted octanol–water partition coefficient (Wildman–Crippen LogP) is 2.27. The summed E-state index contributed by atoms with van der Waals surface area (Å²) < 4.78 is 5.06. The topological polar surface area (TPSA) is 38.5 Å². The summed E-state index contributed by atoms with van der Waals surface area (Å²) in [6.07, 6.45) is 1.05. The van der Waals surface area contributed by atoms with Crippen molar-refractivity contribution in [1.29, 1.82) is 0 Å². The largest absolute Gasteiger partial charge is 0.385 e. The minimum atomic E-state index is 0.0810. The Morgan fingerprint density at radius 1 is 1.33 bits per heavy atom. The Balaban J connectivity index is 2.53. The molecule has 0 spiro atoms. The number of methoxy groups -OCH3 is 1. The molecule has 102 valence electrons. The number of hydrogen-bond donors (Lipinski definition) is 1. The molecular weight excluding hydrogens is 224 g/mol. The number of likely N-dealkylation sites (N-methyl/N-ethyl adjacent to an activating group) is 1. The Bertz CT molecular complexity index is 366. The summed E-state index contributed by atoms with van der Waals surface area (Å²) in [6.45, 7) is 6.95. The van der Waals surface area contributed by atoms with Crippen LogP contribution in [-0.2, 0) is 4.74 Å². The molecule has 0 heterocycles. The van der Waals surface area contributed by atoms with Gasteiger partial charge in [-0.1, -0.05) is 23.8 Å². The molecule has 0 fully saturated rings. The second-order valence-corrected chi connectivity index (χ2v) is 5.08. The summed E-state index contributed by atoms with van der Waals surface area (Å²) in [5, 5.41) is 0. The minimum absolute atomic E-state index is 0.0810. The summed E-state index contributed by atoms with van der Waals surface area (Å²) in [5.74, 6) is 0. The third-order valence-electron chi connectivity index (χ3n) is 3.23. The maximum absolute atomic E-state index is 6.30. The molecule has 0 saturated carbocycles. The molecule has 1 aromatic carbocycles. The van der Waals surface area contributed by atoms with E-state index in [1.54, 1.807) is 7.11 Å². The van der Waals surface area contributed by atoms with E-state index in [1.807, 2.05) is 0 Å². The van der Waals surface area contributed by atoms with E-state index < -0.39 is 0 Å². The molecule has 1 atom stereocenters. The van der Waals surface area contributed by atoms with Crippen molar-refractivity contribution in [1.82, 2.24) is 4.90 Å². The molecule has 0 bridgehead atoms. The molecule has 0 aliphatic heterocycles. The van der Waals surface area contributed by atoms with E-state index in [0.717, 1.165) is 26.1 Å². The zero-order valence-corrected chi connectivity index (χ0v) is 12.1. The standard InChI is InChI=1S/C15H26N2O/c1-12-6-7-13(2)14(10-12)15(16)11-17(3)8-5-9-18-4/h6-7,10,15H,5,8-9,11,16H2,1-4H3. The van der Waals surface area contributed by atoms with Gasteiger partial charge in [-0.25, -0.2) is 0 Å². The second kappa shape index (κ2) is 7.52. The number of nitrogens with two attached hydrogens (primary N) is 1. The van der Waals surface area contributed by atoms with E-state index >= 15 is 0 Å². The van der Waals surface area contributed by atoms with Crippen molar-refractivity contribution >= 4 is 0 Å². The van der Waals surface area contributed by atoms with E-state index in [9.17, 15) is 0 Å². The molecule has 0 aliphatic carbocycles. The lowest BCUT2D eigenvalue weighted by Gasteiger charge is -2.22. The van der Waals surface area contributed by atoms with Gasteiger partial charge in [0.15, 0.2) is 0 Å². The summed E-state index contributed by atoms with van der Waals surface area (Å²) in [6, 6.07) is 6.56. The molecule has 3 heteroatoms. The fraction of sp³-hybridized carbons (Fsp3) is 0.600. The lowest BCUT2D eigenvalue weighted by Crippen LogP contribution is -2.30. The van der Waals surface area contributed by atoms with Crippen LogP contribution in [0.1, 0.15) is 29.2 Å². The maximum atomic E-state index is 6.30. The zero-order valence-electron chi connectivity index (χ0n) is 12.1. The van der Waals surface area contributed by atoms with Gasteiger partial charge in [0.25, 0.3) is 0 Å². The predicted molar refractivity (Wildman–Crippen MR) is 76.8 cm³/mol. The summed E-state index contributed by atoms with van der Waals surface area (Å²) in [5.41, 5.74) is 10.1. The smallest absolute Gasteiger partial charge is 0.0474 e. The Morgan fingerprint density at radius 3 is 2.72 bits per heavy atom. The van der Waals surface area contributed by atoms with Gasteiger partial charge in [-0.3, -0.25) is 0 Å². The SMILES string of the molecule is COCCCN(C)CC(N)c1cc(C)ccc1C. The van der Waals surface area contributed by atoms with Crippen LogP contribution < -0.4 is 5.73 Å². The van der Waals surface area contributed by atoms with E-state index in [4.69, 9.17) is 10.5 Å². The van der Waals surface area contributed by atoms with Crippen LogP contribution in [0.25, 0.3) is 0 Å². The summed E-state index contributed by atoms with van der Waals surface area (Å²) >= 11 is 0. The molecule has 1 aromatic rings. The van der Waals surface area contributed by atoms with Gasteiger partial charge in [-0.2, -0.15) is 0 Å².